The van der Waals surface area contributed by atoms with Gasteiger partial charge in [-0.25, -0.2) is 5.48 Å². The molecule has 0 saturated carbocycles. The van der Waals surface area contributed by atoms with Crippen LogP contribution in [0.2, 0.25) is 0 Å². The Bertz CT molecular complexity index is 742. The fourth-order valence-corrected chi connectivity index (χ4v) is 2.01. The van der Waals surface area contributed by atoms with Gasteiger partial charge in [-0.3, -0.25) is 20.1 Å². The Morgan fingerprint density at radius 3 is 2.40 bits per heavy atom. The molecule has 8 heteroatoms. The fraction of sp³-hybridized carbons (Fsp3) is 0.176. The molecule has 0 aliphatic rings. The highest BCUT2D eigenvalue weighted by atomic mass is 16.6. The van der Waals surface area contributed by atoms with Crippen LogP contribution in [-0.2, 0) is 22.7 Å². The van der Waals surface area contributed by atoms with Gasteiger partial charge in [-0.15, -0.1) is 0 Å². The largest absolute Gasteiger partial charge is 0.391 e. The SMILES string of the molecule is O=C(CCc1ccc(/C=N/OCc2ccc([N+](=O)[O-])cc2)cc1)NO. The summed E-state index contributed by atoms with van der Waals surface area (Å²) in [5.74, 6) is -0.426. The molecule has 130 valence electrons. The third kappa shape index (κ3) is 6.04. The second kappa shape index (κ2) is 9.14. The summed E-state index contributed by atoms with van der Waals surface area (Å²) in [6.07, 6.45) is 2.29. The molecule has 2 rings (SSSR count). The van der Waals surface area contributed by atoms with Crippen molar-refractivity contribution in [2.24, 2.45) is 5.16 Å². The molecular weight excluding hydrogens is 326 g/mol. The molecule has 2 N–H and O–H groups in total. The zero-order valence-electron chi connectivity index (χ0n) is 13.3. The lowest BCUT2D eigenvalue weighted by Crippen LogP contribution is -2.18. The van der Waals surface area contributed by atoms with Crippen molar-refractivity contribution in [1.29, 1.82) is 0 Å². The Kier molecular flexibility index (Phi) is 6.61. The number of aryl methyl sites for hydroxylation is 1. The van der Waals surface area contributed by atoms with E-state index in [-0.39, 0.29) is 18.7 Å². The van der Waals surface area contributed by atoms with Crippen LogP contribution in [0.3, 0.4) is 0 Å². The number of carbonyl (C=O) groups excluding carboxylic acids is 1. The number of non-ortho nitro benzene ring substituents is 1. The van der Waals surface area contributed by atoms with Crippen LogP contribution in [0, 0.1) is 10.1 Å². The maximum Gasteiger partial charge on any atom is 0.269 e. The molecule has 25 heavy (non-hydrogen) atoms. The van der Waals surface area contributed by atoms with E-state index < -0.39 is 10.8 Å². The van der Waals surface area contributed by atoms with E-state index in [9.17, 15) is 14.9 Å². The van der Waals surface area contributed by atoms with Gasteiger partial charge in [0, 0.05) is 18.6 Å². The maximum atomic E-state index is 11.0. The van der Waals surface area contributed by atoms with Crippen LogP contribution in [0.1, 0.15) is 23.1 Å². The third-order valence-electron chi connectivity index (χ3n) is 3.40. The molecule has 0 aliphatic heterocycles. The average molecular weight is 343 g/mol. The molecule has 0 radical (unpaired) electrons. The summed E-state index contributed by atoms with van der Waals surface area (Å²) in [7, 11) is 0. The predicted octanol–water partition coefficient (Wildman–Crippen LogP) is 2.58. The molecule has 2 aromatic carbocycles. The monoisotopic (exact) mass is 343 g/mol. The zero-order valence-corrected chi connectivity index (χ0v) is 13.3. The number of oxime groups is 1. The molecule has 0 heterocycles. The highest BCUT2D eigenvalue weighted by molar-refractivity contribution is 5.79. The van der Waals surface area contributed by atoms with Crippen LogP contribution in [0.5, 0.6) is 0 Å². The summed E-state index contributed by atoms with van der Waals surface area (Å²) in [5, 5.41) is 22.9. The van der Waals surface area contributed by atoms with Gasteiger partial charge in [0.25, 0.3) is 5.69 Å². The van der Waals surface area contributed by atoms with Crippen molar-refractivity contribution in [2.75, 3.05) is 0 Å². The molecule has 0 bridgehead atoms. The Balaban J connectivity index is 1.79. The van der Waals surface area contributed by atoms with Gasteiger partial charge in [-0.1, -0.05) is 29.4 Å². The molecule has 0 atom stereocenters. The predicted molar refractivity (Wildman–Crippen MR) is 90.2 cm³/mol. The molecule has 0 saturated heterocycles. The van der Waals surface area contributed by atoms with Crippen LogP contribution in [0.4, 0.5) is 5.69 Å². The highest BCUT2D eigenvalue weighted by Gasteiger charge is 2.03. The van der Waals surface area contributed by atoms with Gasteiger partial charge < -0.3 is 4.84 Å². The number of carbonyl (C=O) groups is 1. The number of hydrogen-bond donors (Lipinski definition) is 2. The molecule has 0 unspecified atom stereocenters. The van der Waals surface area contributed by atoms with Crippen LogP contribution in [0.15, 0.2) is 53.7 Å². The molecule has 8 nitrogen and oxygen atoms in total. The molecule has 2 aromatic rings. The first kappa shape index (κ1) is 18.1. The summed E-state index contributed by atoms with van der Waals surface area (Å²) < 4.78 is 0. The van der Waals surface area contributed by atoms with Crippen molar-refractivity contribution in [3.63, 3.8) is 0 Å². The van der Waals surface area contributed by atoms with E-state index in [1.807, 2.05) is 24.3 Å². The van der Waals surface area contributed by atoms with Gasteiger partial charge in [0.05, 0.1) is 11.1 Å². The number of hydroxylamine groups is 1. The van der Waals surface area contributed by atoms with Gasteiger partial charge in [-0.05, 0) is 35.2 Å². The van der Waals surface area contributed by atoms with Crippen molar-refractivity contribution >= 4 is 17.8 Å². The first-order valence-corrected chi connectivity index (χ1v) is 7.49. The van der Waals surface area contributed by atoms with Crippen molar-refractivity contribution in [1.82, 2.24) is 5.48 Å². The number of nitrogens with one attached hydrogen (secondary N) is 1. The summed E-state index contributed by atoms with van der Waals surface area (Å²) >= 11 is 0. The number of rotatable bonds is 8. The minimum absolute atomic E-state index is 0.0313. The quantitative estimate of drug-likeness (QED) is 0.331. The highest BCUT2D eigenvalue weighted by Crippen LogP contribution is 2.12. The van der Waals surface area contributed by atoms with E-state index in [4.69, 9.17) is 10.0 Å². The number of benzene rings is 2. The summed E-state index contributed by atoms with van der Waals surface area (Å²) in [6, 6.07) is 13.5. The maximum absolute atomic E-state index is 11.0. The Labute approximate surface area is 143 Å². The number of nitrogens with zero attached hydrogens (tertiary/aromatic N) is 2. The third-order valence-corrected chi connectivity index (χ3v) is 3.40. The first-order chi connectivity index (χ1) is 12.1. The van der Waals surface area contributed by atoms with Crippen molar-refractivity contribution < 1.29 is 19.8 Å². The standard InChI is InChI=1S/C17H17N3O5/c21-17(19-22)10-7-13-1-3-14(4-2-13)11-18-25-12-15-5-8-16(9-6-15)20(23)24/h1-6,8-9,11,22H,7,10,12H2,(H,19,21)/b18-11+. The van der Waals surface area contributed by atoms with E-state index in [1.165, 1.54) is 12.1 Å². The molecular formula is C17H17N3O5. The van der Waals surface area contributed by atoms with E-state index >= 15 is 0 Å². The van der Waals surface area contributed by atoms with E-state index in [1.54, 1.807) is 23.8 Å². The van der Waals surface area contributed by atoms with Gasteiger partial charge >= 0.3 is 0 Å². The minimum atomic E-state index is -0.456. The topological polar surface area (TPSA) is 114 Å². The summed E-state index contributed by atoms with van der Waals surface area (Å²) in [6.45, 7) is 0.211. The smallest absolute Gasteiger partial charge is 0.269 e. The molecule has 1 amide bonds. The van der Waals surface area contributed by atoms with Gasteiger partial charge in [-0.2, -0.15) is 0 Å². The van der Waals surface area contributed by atoms with E-state index in [2.05, 4.69) is 5.16 Å². The molecule has 0 fully saturated rings. The number of amides is 1. The first-order valence-electron chi connectivity index (χ1n) is 7.49. The van der Waals surface area contributed by atoms with Crippen LogP contribution in [-0.4, -0.2) is 22.3 Å². The normalized spacial score (nSPS) is 10.6. The Hall–Kier alpha value is -3.26. The molecule has 0 aliphatic carbocycles. The molecule has 0 spiro atoms. The molecule has 0 aromatic heterocycles. The lowest BCUT2D eigenvalue weighted by Gasteiger charge is -2.01. The average Bonchev–Trinajstić information content (AvgIpc) is 2.64. The number of nitro groups is 1. The summed E-state index contributed by atoms with van der Waals surface area (Å²) in [5.41, 5.74) is 4.20. The van der Waals surface area contributed by atoms with Crippen LogP contribution in [0.25, 0.3) is 0 Å². The lowest BCUT2D eigenvalue weighted by atomic mass is 10.1. The lowest BCUT2D eigenvalue weighted by molar-refractivity contribution is -0.384. The van der Waals surface area contributed by atoms with E-state index in [0.717, 1.165) is 16.7 Å². The van der Waals surface area contributed by atoms with Crippen LogP contribution < -0.4 is 5.48 Å². The van der Waals surface area contributed by atoms with Crippen molar-refractivity contribution in [2.45, 2.75) is 19.4 Å². The minimum Gasteiger partial charge on any atom is -0.391 e. The van der Waals surface area contributed by atoms with Gasteiger partial charge in [0.2, 0.25) is 5.91 Å². The number of nitro benzene ring substituents is 1. The van der Waals surface area contributed by atoms with E-state index in [0.29, 0.717) is 6.42 Å². The Morgan fingerprint density at radius 1 is 1.16 bits per heavy atom. The van der Waals surface area contributed by atoms with Crippen LogP contribution >= 0.6 is 0 Å². The van der Waals surface area contributed by atoms with Gasteiger partial charge in [0.15, 0.2) is 0 Å². The number of hydrogen-bond acceptors (Lipinski definition) is 6. The summed E-state index contributed by atoms with van der Waals surface area (Å²) in [4.78, 5) is 26.2. The second-order valence-corrected chi connectivity index (χ2v) is 5.21. The van der Waals surface area contributed by atoms with Gasteiger partial charge in [0.1, 0.15) is 6.61 Å². The van der Waals surface area contributed by atoms with Crippen molar-refractivity contribution in [3.8, 4) is 0 Å². The van der Waals surface area contributed by atoms with Crippen molar-refractivity contribution in [3.05, 3.63) is 75.3 Å². The fourth-order valence-electron chi connectivity index (χ4n) is 2.01. The zero-order chi connectivity index (χ0) is 18.1. The Morgan fingerprint density at radius 2 is 1.80 bits per heavy atom. The second-order valence-electron chi connectivity index (χ2n) is 5.21.